The Balaban J connectivity index is 1.78. The van der Waals surface area contributed by atoms with Crippen molar-refractivity contribution in [1.82, 2.24) is 19.9 Å². The molecule has 116 valence electrons. The van der Waals surface area contributed by atoms with E-state index in [2.05, 4.69) is 10.3 Å². The van der Waals surface area contributed by atoms with Crippen LogP contribution in [0.25, 0.3) is 5.69 Å². The zero-order valence-electron chi connectivity index (χ0n) is 13.1. The van der Waals surface area contributed by atoms with E-state index in [9.17, 15) is 4.79 Å². The van der Waals surface area contributed by atoms with Crippen LogP contribution in [0, 0.1) is 6.92 Å². The Morgan fingerprint density at radius 1 is 1.18 bits per heavy atom. The van der Waals surface area contributed by atoms with E-state index in [0.717, 1.165) is 5.69 Å². The first-order chi connectivity index (χ1) is 10.5. The molecule has 1 aliphatic rings. The summed E-state index contributed by atoms with van der Waals surface area (Å²) in [6.45, 7) is 7.14. The lowest BCUT2D eigenvalue weighted by Gasteiger charge is -2.34. The van der Waals surface area contributed by atoms with Crippen molar-refractivity contribution in [2.24, 2.45) is 0 Å². The third kappa shape index (κ3) is 3.01. The molecule has 6 nitrogen and oxygen atoms in total. The molecule has 0 aliphatic carbocycles. The first-order valence-electron chi connectivity index (χ1n) is 7.47. The van der Waals surface area contributed by atoms with Crippen LogP contribution >= 0.6 is 0 Å². The Hall–Kier alpha value is -2.21. The molecule has 1 aromatic heterocycles. The van der Waals surface area contributed by atoms with Gasteiger partial charge in [0.2, 0.25) is 0 Å². The standard InChI is InChI=1S/C16H20N4O2/c1-11-4-6-14(7-5-11)20-10-15(17-18-20)16(21)19-8-12(2)22-13(3)9-19/h4-7,10,12-13H,8-9H2,1-3H3. The molecular formula is C16H20N4O2. The number of benzene rings is 1. The Kier molecular flexibility index (Phi) is 3.94. The molecule has 1 amide bonds. The number of carbonyl (C=O) groups excluding carboxylic acids is 1. The average Bonchev–Trinajstić information content (AvgIpc) is 2.96. The number of rotatable bonds is 2. The summed E-state index contributed by atoms with van der Waals surface area (Å²) >= 11 is 0. The lowest BCUT2D eigenvalue weighted by atomic mass is 10.2. The van der Waals surface area contributed by atoms with Gasteiger partial charge in [0.1, 0.15) is 0 Å². The average molecular weight is 300 g/mol. The maximum atomic E-state index is 12.5. The van der Waals surface area contributed by atoms with Gasteiger partial charge in [0, 0.05) is 13.1 Å². The molecule has 1 saturated heterocycles. The number of aryl methyl sites for hydroxylation is 1. The minimum atomic E-state index is -0.0969. The Labute approximate surface area is 129 Å². The molecule has 1 fully saturated rings. The number of morpholine rings is 1. The van der Waals surface area contributed by atoms with Gasteiger partial charge in [0.25, 0.3) is 5.91 Å². The Bertz CT molecular complexity index is 655. The first kappa shape index (κ1) is 14.7. The van der Waals surface area contributed by atoms with Crippen LogP contribution in [-0.2, 0) is 4.74 Å². The Morgan fingerprint density at radius 2 is 1.82 bits per heavy atom. The molecule has 22 heavy (non-hydrogen) atoms. The van der Waals surface area contributed by atoms with Crippen molar-refractivity contribution in [3.8, 4) is 5.69 Å². The van der Waals surface area contributed by atoms with Crippen LogP contribution in [0.4, 0.5) is 0 Å². The van der Waals surface area contributed by atoms with E-state index in [1.165, 1.54) is 5.56 Å². The second-order valence-electron chi connectivity index (χ2n) is 5.85. The van der Waals surface area contributed by atoms with Crippen molar-refractivity contribution < 1.29 is 9.53 Å². The third-order valence-corrected chi connectivity index (χ3v) is 3.72. The SMILES string of the molecule is Cc1ccc(-n2cc(C(=O)N3CC(C)OC(C)C3)nn2)cc1. The summed E-state index contributed by atoms with van der Waals surface area (Å²) in [7, 11) is 0. The van der Waals surface area contributed by atoms with Gasteiger partial charge in [-0.2, -0.15) is 0 Å². The smallest absolute Gasteiger partial charge is 0.276 e. The molecule has 1 aromatic carbocycles. The maximum Gasteiger partial charge on any atom is 0.276 e. The third-order valence-electron chi connectivity index (χ3n) is 3.72. The van der Waals surface area contributed by atoms with Crippen molar-refractivity contribution in [3.63, 3.8) is 0 Å². The van der Waals surface area contributed by atoms with Crippen LogP contribution in [0.5, 0.6) is 0 Å². The fraction of sp³-hybridized carbons (Fsp3) is 0.438. The summed E-state index contributed by atoms with van der Waals surface area (Å²) in [5, 5.41) is 8.08. The number of hydrogen-bond donors (Lipinski definition) is 0. The van der Waals surface area contributed by atoms with Gasteiger partial charge < -0.3 is 9.64 Å². The van der Waals surface area contributed by atoms with Crippen molar-refractivity contribution in [1.29, 1.82) is 0 Å². The highest BCUT2D eigenvalue weighted by Gasteiger charge is 2.28. The van der Waals surface area contributed by atoms with Gasteiger partial charge >= 0.3 is 0 Å². The van der Waals surface area contributed by atoms with Crippen LogP contribution in [0.1, 0.15) is 29.9 Å². The van der Waals surface area contributed by atoms with E-state index < -0.39 is 0 Å². The summed E-state index contributed by atoms with van der Waals surface area (Å²) in [4.78, 5) is 14.3. The lowest BCUT2D eigenvalue weighted by Crippen LogP contribution is -2.48. The van der Waals surface area contributed by atoms with Gasteiger partial charge in [-0.3, -0.25) is 4.79 Å². The van der Waals surface area contributed by atoms with E-state index in [1.807, 2.05) is 45.0 Å². The van der Waals surface area contributed by atoms with Crippen LogP contribution in [-0.4, -0.2) is 51.1 Å². The minimum absolute atomic E-state index is 0.0415. The molecule has 2 heterocycles. The normalized spacial score (nSPS) is 21.9. The van der Waals surface area contributed by atoms with Crippen LogP contribution in [0.15, 0.2) is 30.5 Å². The largest absolute Gasteiger partial charge is 0.372 e. The number of amides is 1. The highest BCUT2D eigenvalue weighted by Crippen LogP contribution is 2.14. The number of ether oxygens (including phenoxy) is 1. The second kappa shape index (κ2) is 5.88. The lowest BCUT2D eigenvalue weighted by molar-refractivity contribution is -0.0587. The van der Waals surface area contributed by atoms with Gasteiger partial charge in [0.05, 0.1) is 24.1 Å². The number of aromatic nitrogens is 3. The predicted molar refractivity (Wildman–Crippen MR) is 82.0 cm³/mol. The van der Waals surface area contributed by atoms with E-state index in [0.29, 0.717) is 18.8 Å². The van der Waals surface area contributed by atoms with Gasteiger partial charge in [0.15, 0.2) is 5.69 Å². The monoisotopic (exact) mass is 300 g/mol. The van der Waals surface area contributed by atoms with Crippen molar-refractivity contribution in [2.75, 3.05) is 13.1 Å². The number of carbonyl (C=O) groups is 1. The first-order valence-corrected chi connectivity index (χ1v) is 7.47. The maximum absolute atomic E-state index is 12.5. The molecule has 3 rings (SSSR count). The summed E-state index contributed by atoms with van der Waals surface area (Å²) < 4.78 is 7.28. The van der Waals surface area contributed by atoms with E-state index in [1.54, 1.807) is 15.8 Å². The van der Waals surface area contributed by atoms with Gasteiger partial charge in [-0.15, -0.1) is 5.10 Å². The fourth-order valence-corrected chi connectivity index (χ4v) is 2.69. The molecule has 0 saturated carbocycles. The summed E-state index contributed by atoms with van der Waals surface area (Å²) in [6, 6.07) is 7.92. The van der Waals surface area contributed by atoms with E-state index >= 15 is 0 Å². The number of hydrogen-bond acceptors (Lipinski definition) is 4. The predicted octanol–water partition coefficient (Wildman–Crippen LogP) is 1.83. The molecule has 2 aromatic rings. The summed E-state index contributed by atoms with van der Waals surface area (Å²) in [6.07, 6.45) is 1.76. The van der Waals surface area contributed by atoms with Crippen LogP contribution in [0.2, 0.25) is 0 Å². The molecule has 6 heteroatoms. The molecule has 0 bridgehead atoms. The second-order valence-corrected chi connectivity index (χ2v) is 5.85. The quantitative estimate of drug-likeness (QED) is 0.849. The molecule has 0 spiro atoms. The molecule has 0 radical (unpaired) electrons. The van der Waals surface area contributed by atoms with Crippen molar-refractivity contribution in [2.45, 2.75) is 33.0 Å². The van der Waals surface area contributed by atoms with Gasteiger partial charge in [-0.25, -0.2) is 4.68 Å². The van der Waals surface area contributed by atoms with Crippen molar-refractivity contribution >= 4 is 5.91 Å². The fourth-order valence-electron chi connectivity index (χ4n) is 2.69. The number of nitrogens with zero attached hydrogens (tertiary/aromatic N) is 4. The van der Waals surface area contributed by atoms with E-state index in [4.69, 9.17) is 4.74 Å². The Morgan fingerprint density at radius 3 is 2.45 bits per heavy atom. The molecule has 1 aliphatic heterocycles. The molecular weight excluding hydrogens is 280 g/mol. The van der Waals surface area contributed by atoms with Gasteiger partial charge in [-0.05, 0) is 32.9 Å². The van der Waals surface area contributed by atoms with Crippen molar-refractivity contribution in [3.05, 3.63) is 41.7 Å². The zero-order valence-corrected chi connectivity index (χ0v) is 13.1. The summed E-state index contributed by atoms with van der Waals surface area (Å²) in [5.74, 6) is -0.0969. The minimum Gasteiger partial charge on any atom is -0.372 e. The van der Waals surface area contributed by atoms with E-state index in [-0.39, 0.29) is 18.1 Å². The highest BCUT2D eigenvalue weighted by atomic mass is 16.5. The molecule has 2 unspecified atom stereocenters. The summed E-state index contributed by atoms with van der Waals surface area (Å²) in [5.41, 5.74) is 2.43. The van der Waals surface area contributed by atoms with Gasteiger partial charge in [-0.1, -0.05) is 22.9 Å². The highest BCUT2D eigenvalue weighted by molar-refractivity contribution is 5.92. The molecule has 2 atom stereocenters. The topological polar surface area (TPSA) is 60.2 Å². The zero-order chi connectivity index (χ0) is 15.7. The molecule has 0 N–H and O–H groups in total. The van der Waals surface area contributed by atoms with Crippen LogP contribution in [0.3, 0.4) is 0 Å². The van der Waals surface area contributed by atoms with Crippen LogP contribution < -0.4 is 0 Å².